The van der Waals surface area contributed by atoms with Gasteiger partial charge < -0.3 is 9.67 Å². The van der Waals surface area contributed by atoms with Crippen molar-refractivity contribution in [3.63, 3.8) is 0 Å². The van der Waals surface area contributed by atoms with Gasteiger partial charge in [0.25, 0.3) is 6.30 Å². The molecule has 3 unspecified atom stereocenters. The molecule has 0 fully saturated rings. The molecule has 172 valence electrons. The highest BCUT2D eigenvalue weighted by Crippen LogP contribution is 2.44. The number of aromatic nitrogens is 1. The monoisotopic (exact) mass is 452 g/mol. The van der Waals surface area contributed by atoms with E-state index in [-0.39, 0.29) is 17.6 Å². The molecule has 0 spiro atoms. The number of hydrogen-bond donors (Lipinski definition) is 2. The summed E-state index contributed by atoms with van der Waals surface area (Å²) >= 11 is 0. The molecule has 0 bridgehead atoms. The van der Waals surface area contributed by atoms with Crippen molar-refractivity contribution >= 4 is 22.4 Å². The van der Waals surface area contributed by atoms with Gasteiger partial charge >= 0.3 is 6.18 Å². The van der Waals surface area contributed by atoms with Crippen molar-refractivity contribution in [3.8, 4) is 0 Å². The topological polar surface area (TPSA) is 60.7 Å². The van der Waals surface area contributed by atoms with Crippen LogP contribution in [0.4, 0.5) is 17.6 Å². The first-order valence-electron chi connectivity index (χ1n) is 10.6. The van der Waals surface area contributed by atoms with E-state index in [1.165, 1.54) is 22.2 Å². The Hall–Kier alpha value is -2.43. The van der Waals surface area contributed by atoms with Crippen LogP contribution in [0.2, 0.25) is 0 Å². The van der Waals surface area contributed by atoms with Crippen LogP contribution >= 0.6 is 0 Å². The van der Waals surface area contributed by atoms with E-state index in [1.807, 2.05) is 29.5 Å². The first kappa shape index (κ1) is 21.4. The molecule has 1 amide bonds. The predicted molar refractivity (Wildman–Crippen MR) is 110 cm³/mol. The van der Waals surface area contributed by atoms with Crippen LogP contribution in [0.1, 0.15) is 23.2 Å². The lowest BCUT2D eigenvalue weighted by Crippen LogP contribution is -2.55. The van der Waals surface area contributed by atoms with Crippen LogP contribution < -0.4 is 5.43 Å². The Morgan fingerprint density at radius 2 is 2.16 bits per heavy atom. The number of nitrogens with one attached hydrogen (secondary N) is 1. The molecule has 3 atom stereocenters. The Bertz CT molecular complexity index is 1110. The molecule has 5 rings (SSSR count). The fraction of sp³-hybridized carbons (Fsp3) is 0.500. The Labute approximate surface area is 182 Å². The number of alkyl halides is 4. The fourth-order valence-corrected chi connectivity index (χ4v) is 5.45. The lowest BCUT2D eigenvalue weighted by molar-refractivity contribution is -0.241. The number of aryl methyl sites for hydroxylation is 1. The quantitative estimate of drug-likeness (QED) is 0.324. The summed E-state index contributed by atoms with van der Waals surface area (Å²) in [4.78, 5) is 14.8. The molecule has 2 aliphatic heterocycles. The Kier molecular flexibility index (Phi) is 5.06. The van der Waals surface area contributed by atoms with Crippen molar-refractivity contribution < 1.29 is 27.5 Å². The molecule has 3 aliphatic rings. The number of likely N-dealkylation sites (N-methyl/N-ethyl adjacent to an activating group) is 1. The lowest BCUT2D eigenvalue weighted by atomic mass is 9.79. The summed E-state index contributed by atoms with van der Waals surface area (Å²) in [6.45, 7) is -0.0306. The summed E-state index contributed by atoms with van der Waals surface area (Å²) in [6.07, 6.45) is -3.94. The van der Waals surface area contributed by atoms with E-state index in [1.54, 1.807) is 6.08 Å². The SMILES string of the molecule is CN1CC(C(=O)NN(CO)C(F)C(F)(F)F)C=C2c3cccc4c3c(c3n4CCC3)CC21. The Morgan fingerprint density at radius 1 is 1.38 bits per heavy atom. The summed E-state index contributed by atoms with van der Waals surface area (Å²) in [5.74, 6) is -1.58. The number of nitrogens with zero attached hydrogens (tertiary/aromatic N) is 3. The number of fused-ring (bicyclic) bond motifs is 5. The number of halogens is 4. The van der Waals surface area contributed by atoms with Crippen molar-refractivity contribution in [2.75, 3.05) is 20.3 Å². The predicted octanol–water partition coefficient (Wildman–Crippen LogP) is 2.60. The normalized spacial score (nSPS) is 23.8. The summed E-state index contributed by atoms with van der Waals surface area (Å²) in [5.41, 5.74) is 7.81. The maximum atomic E-state index is 13.6. The third-order valence-corrected chi connectivity index (χ3v) is 6.86. The number of rotatable bonds is 4. The second-order valence-corrected chi connectivity index (χ2v) is 8.73. The number of benzene rings is 1. The zero-order valence-electron chi connectivity index (χ0n) is 17.5. The zero-order valence-corrected chi connectivity index (χ0v) is 17.5. The maximum absolute atomic E-state index is 13.6. The van der Waals surface area contributed by atoms with Gasteiger partial charge in [0.2, 0.25) is 5.91 Å². The highest BCUT2D eigenvalue weighted by molar-refractivity contribution is 6.00. The smallest absolute Gasteiger partial charge is 0.379 e. The maximum Gasteiger partial charge on any atom is 0.435 e. The molecule has 2 N–H and O–H groups in total. The number of amides is 1. The van der Waals surface area contributed by atoms with Gasteiger partial charge in [0.1, 0.15) is 6.73 Å². The number of hydrazine groups is 1. The van der Waals surface area contributed by atoms with Crippen molar-refractivity contribution in [2.24, 2.45) is 5.92 Å². The molecule has 3 heterocycles. The van der Waals surface area contributed by atoms with E-state index >= 15 is 0 Å². The van der Waals surface area contributed by atoms with Gasteiger partial charge in [0, 0.05) is 35.7 Å². The number of aliphatic hydroxyl groups is 1. The molecular formula is C22H24F4N4O2. The molecule has 32 heavy (non-hydrogen) atoms. The van der Waals surface area contributed by atoms with Gasteiger partial charge in [-0.2, -0.15) is 18.2 Å². The first-order valence-corrected chi connectivity index (χ1v) is 10.6. The number of hydrogen-bond acceptors (Lipinski definition) is 4. The highest BCUT2D eigenvalue weighted by Gasteiger charge is 2.46. The Balaban J connectivity index is 1.49. The van der Waals surface area contributed by atoms with Crippen molar-refractivity contribution in [1.29, 1.82) is 0 Å². The third-order valence-electron chi connectivity index (χ3n) is 6.86. The van der Waals surface area contributed by atoms with Crippen LogP contribution in [-0.2, 0) is 24.2 Å². The standard InChI is InChI=1S/C22H24F4N4O2/c1-28-10-12(20(32)27-30(11-31)21(23)22(24,25)26)8-14-13-4-2-5-17-19(13)15(9-18(14)28)16-6-3-7-29(16)17/h2,4-5,8,12,18,21,31H,3,6-7,9-11H2,1H3,(H,27,32). The average Bonchev–Trinajstić information content (AvgIpc) is 3.34. The second kappa shape index (κ2) is 7.57. The molecule has 1 aromatic heterocycles. The molecule has 1 aromatic carbocycles. The van der Waals surface area contributed by atoms with Crippen LogP contribution in [0.5, 0.6) is 0 Å². The van der Waals surface area contributed by atoms with E-state index < -0.39 is 31.0 Å². The summed E-state index contributed by atoms with van der Waals surface area (Å²) in [7, 11) is 1.89. The molecule has 6 nitrogen and oxygen atoms in total. The first-order chi connectivity index (χ1) is 15.2. The van der Waals surface area contributed by atoms with Crippen LogP contribution in [0, 0.1) is 5.92 Å². The van der Waals surface area contributed by atoms with E-state index in [9.17, 15) is 22.4 Å². The van der Waals surface area contributed by atoms with E-state index in [2.05, 4.69) is 10.6 Å². The van der Waals surface area contributed by atoms with E-state index in [4.69, 9.17) is 5.11 Å². The van der Waals surface area contributed by atoms with E-state index in [0.29, 0.717) is 0 Å². The third kappa shape index (κ3) is 3.23. The minimum atomic E-state index is -5.23. The van der Waals surface area contributed by atoms with Gasteiger partial charge in [-0.3, -0.25) is 15.1 Å². The molecule has 2 aromatic rings. The molecule has 0 saturated heterocycles. The summed E-state index contributed by atoms with van der Waals surface area (Å²) in [6, 6.07) is 6.18. The summed E-state index contributed by atoms with van der Waals surface area (Å²) < 4.78 is 54.1. The second-order valence-electron chi connectivity index (χ2n) is 8.73. The largest absolute Gasteiger partial charge is 0.435 e. The average molecular weight is 452 g/mol. The van der Waals surface area contributed by atoms with E-state index in [0.717, 1.165) is 36.9 Å². The van der Waals surface area contributed by atoms with Crippen molar-refractivity contribution in [1.82, 2.24) is 19.9 Å². The van der Waals surface area contributed by atoms with Crippen molar-refractivity contribution in [3.05, 3.63) is 41.1 Å². The van der Waals surface area contributed by atoms with Gasteiger partial charge in [-0.25, -0.2) is 4.39 Å². The fourth-order valence-electron chi connectivity index (χ4n) is 5.45. The van der Waals surface area contributed by atoms with Crippen molar-refractivity contribution in [2.45, 2.75) is 44.3 Å². The van der Waals surface area contributed by atoms with Gasteiger partial charge in [-0.15, -0.1) is 0 Å². The van der Waals surface area contributed by atoms with Gasteiger partial charge in [-0.05, 0) is 49.1 Å². The minimum Gasteiger partial charge on any atom is -0.379 e. The molecular weight excluding hydrogens is 428 g/mol. The molecule has 10 heteroatoms. The number of carbonyl (C=O) groups excluding carboxylic acids is 1. The minimum absolute atomic E-state index is 0.0582. The molecule has 0 saturated carbocycles. The zero-order chi connectivity index (χ0) is 22.8. The molecule has 1 aliphatic carbocycles. The summed E-state index contributed by atoms with van der Waals surface area (Å²) in [5, 5.41) is 10.2. The molecule has 0 radical (unpaired) electrons. The van der Waals surface area contributed by atoms with Gasteiger partial charge in [0.05, 0.1) is 5.92 Å². The highest BCUT2D eigenvalue weighted by atomic mass is 19.4. The Morgan fingerprint density at radius 3 is 2.88 bits per heavy atom. The lowest BCUT2D eigenvalue weighted by Gasteiger charge is -2.40. The number of aliphatic hydroxyl groups excluding tert-OH is 1. The van der Waals surface area contributed by atoms with Crippen LogP contribution in [0.15, 0.2) is 24.3 Å². The van der Waals surface area contributed by atoms with Crippen LogP contribution in [-0.4, -0.2) is 64.3 Å². The van der Waals surface area contributed by atoms with Crippen LogP contribution in [0.3, 0.4) is 0 Å². The number of carbonyl (C=O) groups is 1. The van der Waals surface area contributed by atoms with Gasteiger partial charge in [-0.1, -0.05) is 18.2 Å². The van der Waals surface area contributed by atoms with Gasteiger partial charge in [0.15, 0.2) is 0 Å². The van der Waals surface area contributed by atoms with Crippen LogP contribution in [0.25, 0.3) is 16.5 Å².